The third-order valence-electron chi connectivity index (χ3n) is 6.33. The quantitative estimate of drug-likeness (QED) is 0.543. The first-order valence-electron chi connectivity index (χ1n) is 11.7. The number of benzene rings is 2. The number of rotatable bonds is 9. The Balaban J connectivity index is 1.26. The number of methoxy groups -OCH3 is 1. The number of hydrogen-bond acceptors (Lipinski definition) is 6. The normalized spacial score (nSPS) is 19.2. The Bertz CT molecular complexity index is 985. The minimum atomic E-state index is -0.134. The number of likely N-dealkylation sites (tertiary alicyclic amines) is 1. The van der Waals surface area contributed by atoms with Gasteiger partial charge in [0.1, 0.15) is 18.1 Å². The van der Waals surface area contributed by atoms with Crippen LogP contribution in [-0.2, 0) is 6.54 Å². The van der Waals surface area contributed by atoms with Crippen molar-refractivity contribution in [3.05, 3.63) is 57.6 Å². The molecule has 7 nitrogen and oxygen atoms in total. The van der Waals surface area contributed by atoms with Crippen molar-refractivity contribution in [2.75, 3.05) is 59.5 Å². The van der Waals surface area contributed by atoms with Gasteiger partial charge in [0.25, 0.3) is 5.91 Å². The average molecular weight is 507 g/mol. The molecule has 1 atom stereocenters. The number of carbonyl (C=O) groups is 1. The first-order valence-corrected chi connectivity index (χ1v) is 12.5. The van der Waals surface area contributed by atoms with Gasteiger partial charge in [-0.25, -0.2) is 0 Å². The molecule has 0 saturated carbocycles. The highest BCUT2D eigenvalue weighted by Crippen LogP contribution is 2.27. The van der Waals surface area contributed by atoms with E-state index in [1.165, 1.54) is 0 Å². The van der Waals surface area contributed by atoms with Gasteiger partial charge in [0.2, 0.25) is 0 Å². The second kappa shape index (κ2) is 12.1. The maximum Gasteiger partial charge on any atom is 0.251 e. The maximum absolute atomic E-state index is 12.6. The molecular weight excluding hydrogens is 475 g/mol. The van der Waals surface area contributed by atoms with Crippen molar-refractivity contribution in [2.45, 2.75) is 19.0 Å². The second-order valence-electron chi connectivity index (χ2n) is 8.74. The topological polar surface area (TPSA) is 66.1 Å². The van der Waals surface area contributed by atoms with Crippen LogP contribution >= 0.6 is 23.2 Å². The first kappa shape index (κ1) is 25.1. The molecule has 0 spiro atoms. The van der Waals surface area contributed by atoms with E-state index in [0.717, 1.165) is 75.8 Å². The number of nitrogens with zero attached hydrogens (tertiary/aromatic N) is 2. The minimum Gasteiger partial charge on any atom is -0.496 e. The largest absolute Gasteiger partial charge is 0.496 e. The predicted molar refractivity (Wildman–Crippen MR) is 135 cm³/mol. The van der Waals surface area contributed by atoms with E-state index in [1.54, 1.807) is 25.3 Å². The van der Waals surface area contributed by atoms with Crippen LogP contribution in [0.3, 0.4) is 0 Å². The fourth-order valence-electron chi connectivity index (χ4n) is 4.41. The van der Waals surface area contributed by atoms with E-state index in [9.17, 15) is 4.79 Å². The zero-order chi connectivity index (χ0) is 23.9. The number of nitrogens with one attached hydrogen (secondary N) is 2. The standard InChI is InChI=1S/C25H32Cl2N4O3/c1-33-24-15-21(34-13-12-30-10-7-28-8-11-30)4-2-19(24)16-31-9-6-20(17-31)29-25(32)18-3-5-22(26)23(27)14-18/h2-5,14-15,20,28H,6-13,16-17H2,1H3,(H,29,32)/t20-/m0/s1. The molecule has 2 fully saturated rings. The van der Waals surface area contributed by atoms with Crippen LogP contribution in [0.25, 0.3) is 0 Å². The summed E-state index contributed by atoms with van der Waals surface area (Å²) < 4.78 is 11.6. The lowest BCUT2D eigenvalue weighted by Crippen LogP contribution is -2.44. The van der Waals surface area contributed by atoms with Crippen molar-refractivity contribution in [3.63, 3.8) is 0 Å². The molecule has 2 aliphatic heterocycles. The number of carbonyl (C=O) groups excluding carboxylic acids is 1. The van der Waals surface area contributed by atoms with Crippen molar-refractivity contribution in [1.29, 1.82) is 0 Å². The maximum atomic E-state index is 12.6. The number of amides is 1. The lowest BCUT2D eigenvalue weighted by molar-refractivity contribution is 0.0937. The van der Waals surface area contributed by atoms with Crippen molar-refractivity contribution < 1.29 is 14.3 Å². The van der Waals surface area contributed by atoms with Gasteiger partial charge < -0.3 is 20.1 Å². The molecule has 2 N–H and O–H groups in total. The lowest BCUT2D eigenvalue weighted by atomic mass is 10.1. The Morgan fingerprint density at radius 3 is 2.68 bits per heavy atom. The van der Waals surface area contributed by atoms with Crippen LogP contribution in [0.5, 0.6) is 11.5 Å². The molecule has 2 heterocycles. The van der Waals surface area contributed by atoms with E-state index in [-0.39, 0.29) is 11.9 Å². The van der Waals surface area contributed by atoms with E-state index in [4.69, 9.17) is 32.7 Å². The van der Waals surface area contributed by atoms with Gasteiger partial charge in [-0.3, -0.25) is 14.6 Å². The number of halogens is 2. The van der Waals surface area contributed by atoms with Gasteiger partial charge in [-0.05, 0) is 30.7 Å². The molecule has 9 heteroatoms. The van der Waals surface area contributed by atoms with Crippen LogP contribution in [0.4, 0.5) is 0 Å². The van der Waals surface area contributed by atoms with Crippen molar-refractivity contribution in [3.8, 4) is 11.5 Å². The molecule has 0 radical (unpaired) electrons. The molecule has 0 unspecified atom stereocenters. The van der Waals surface area contributed by atoms with Gasteiger partial charge in [0, 0.05) is 75.6 Å². The fourth-order valence-corrected chi connectivity index (χ4v) is 4.71. The van der Waals surface area contributed by atoms with E-state index in [0.29, 0.717) is 22.2 Å². The number of ether oxygens (including phenoxy) is 2. The Hall–Kier alpha value is -2.03. The zero-order valence-electron chi connectivity index (χ0n) is 19.5. The summed E-state index contributed by atoms with van der Waals surface area (Å²) in [7, 11) is 1.69. The van der Waals surface area contributed by atoms with Gasteiger partial charge in [-0.1, -0.05) is 29.3 Å². The summed E-state index contributed by atoms with van der Waals surface area (Å²) in [5, 5.41) is 7.29. The zero-order valence-corrected chi connectivity index (χ0v) is 21.0. The molecule has 2 aliphatic rings. The molecule has 2 aromatic rings. The van der Waals surface area contributed by atoms with Crippen LogP contribution in [0.1, 0.15) is 22.3 Å². The molecule has 184 valence electrons. The van der Waals surface area contributed by atoms with Crippen LogP contribution in [0, 0.1) is 0 Å². The molecule has 0 aromatic heterocycles. The van der Waals surface area contributed by atoms with Gasteiger partial charge in [0.15, 0.2) is 0 Å². The third kappa shape index (κ3) is 6.77. The van der Waals surface area contributed by atoms with Crippen molar-refractivity contribution in [2.24, 2.45) is 0 Å². The number of piperazine rings is 1. The van der Waals surface area contributed by atoms with Crippen LogP contribution in [0.15, 0.2) is 36.4 Å². The minimum absolute atomic E-state index is 0.0838. The van der Waals surface area contributed by atoms with Gasteiger partial charge in [-0.15, -0.1) is 0 Å². The molecular formula is C25H32Cl2N4O3. The Labute approximate surface area is 211 Å². The van der Waals surface area contributed by atoms with E-state index >= 15 is 0 Å². The monoisotopic (exact) mass is 506 g/mol. The molecule has 2 aromatic carbocycles. The number of hydrogen-bond donors (Lipinski definition) is 2. The highest BCUT2D eigenvalue weighted by molar-refractivity contribution is 6.42. The van der Waals surface area contributed by atoms with Crippen LogP contribution < -0.4 is 20.1 Å². The lowest BCUT2D eigenvalue weighted by Gasteiger charge is -2.27. The Morgan fingerprint density at radius 1 is 1.09 bits per heavy atom. The summed E-state index contributed by atoms with van der Waals surface area (Å²) in [4.78, 5) is 17.3. The summed E-state index contributed by atoms with van der Waals surface area (Å²) in [6, 6.07) is 11.1. The molecule has 1 amide bonds. The van der Waals surface area contributed by atoms with Gasteiger partial charge in [0.05, 0.1) is 17.2 Å². The molecule has 4 rings (SSSR count). The summed E-state index contributed by atoms with van der Waals surface area (Å²) in [5.74, 6) is 1.51. The molecule has 0 bridgehead atoms. The summed E-state index contributed by atoms with van der Waals surface area (Å²) in [5.41, 5.74) is 1.62. The average Bonchev–Trinajstić information content (AvgIpc) is 3.29. The second-order valence-corrected chi connectivity index (χ2v) is 9.55. The van der Waals surface area contributed by atoms with Crippen LogP contribution in [0.2, 0.25) is 10.0 Å². The van der Waals surface area contributed by atoms with Crippen LogP contribution in [-0.4, -0.2) is 81.3 Å². The van der Waals surface area contributed by atoms with Crippen molar-refractivity contribution in [1.82, 2.24) is 20.4 Å². The molecule has 0 aliphatic carbocycles. The van der Waals surface area contributed by atoms with E-state index in [1.807, 2.05) is 12.1 Å². The predicted octanol–water partition coefficient (Wildman–Crippen LogP) is 3.29. The van der Waals surface area contributed by atoms with E-state index < -0.39 is 0 Å². The van der Waals surface area contributed by atoms with E-state index in [2.05, 4.69) is 26.5 Å². The van der Waals surface area contributed by atoms with Crippen molar-refractivity contribution >= 4 is 29.1 Å². The van der Waals surface area contributed by atoms with Gasteiger partial charge in [-0.2, -0.15) is 0 Å². The SMILES string of the molecule is COc1cc(OCCN2CCNCC2)ccc1CN1CC[C@H](NC(=O)c2ccc(Cl)c(Cl)c2)C1. The smallest absolute Gasteiger partial charge is 0.251 e. The highest BCUT2D eigenvalue weighted by Gasteiger charge is 2.25. The molecule has 34 heavy (non-hydrogen) atoms. The summed E-state index contributed by atoms with van der Waals surface area (Å²) >= 11 is 12.0. The third-order valence-corrected chi connectivity index (χ3v) is 7.07. The van der Waals surface area contributed by atoms with Gasteiger partial charge >= 0.3 is 0 Å². The Kier molecular flexibility index (Phi) is 8.92. The molecule has 2 saturated heterocycles. The summed E-state index contributed by atoms with van der Waals surface area (Å²) in [6.45, 7) is 8.23. The Morgan fingerprint density at radius 2 is 1.91 bits per heavy atom. The fraction of sp³-hybridized carbons (Fsp3) is 0.480. The summed E-state index contributed by atoms with van der Waals surface area (Å²) in [6.07, 6.45) is 0.891. The first-order chi connectivity index (χ1) is 16.5. The highest BCUT2D eigenvalue weighted by atomic mass is 35.5.